The van der Waals surface area contributed by atoms with Crippen molar-refractivity contribution in [3.63, 3.8) is 0 Å². The third-order valence-electron chi connectivity index (χ3n) is 2.30. The van der Waals surface area contributed by atoms with Crippen LogP contribution in [-0.2, 0) is 6.54 Å². The van der Waals surface area contributed by atoms with E-state index in [1.165, 1.54) is 9.88 Å². The Morgan fingerprint density at radius 3 is 2.73 bits per heavy atom. The van der Waals surface area contributed by atoms with Crippen LogP contribution in [0.25, 0.3) is 0 Å². The average molecular weight is 247 g/mol. The topological polar surface area (TPSA) is 24.9 Å². The van der Waals surface area contributed by atoms with Gasteiger partial charge in [-0.15, -0.1) is 22.9 Å². The lowest BCUT2D eigenvalue weighted by Gasteiger charge is -2.03. The first-order chi connectivity index (χ1) is 7.09. The molecule has 0 saturated heterocycles. The van der Waals surface area contributed by atoms with Gasteiger partial charge in [-0.05, 0) is 40.2 Å². The Kier molecular flexibility index (Phi) is 5.58. The maximum atomic E-state index is 5.86. The first kappa shape index (κ1) is 12.9. The molecule has 2 nitrogen and oxygen atoms in total. The Morgan fingerprint density at radius 2 is 2.20 bits per heavy atom. The molecule has 0 spiro atoms. The summed E-state index contributed by atoms with van der Waals surface area (Å²) in [6.45, 7) is 8.12. The summed E-state index contributed by atoms with van der Waals surface area (Å²) >= 11 is 7.64. The SMILES string of the molecule is Cc1nc(CNCCCC(C)Cl)sc1C. The molecule has 0 radical (unpaired) electrons. The zero-order valence-electron chi connectivity index (χ0n) is 9.64. The molecule has 0 fully saturated rings. The molecule has 0 amide bonds. The molecular formula is C11H19ClN2S. The van der Waals surface area contributed by atoms with Gasteiger partial charge in [0.05, 0.1) is 5.69 Å². The van der Waals surface area contributed by atoms with Crippen molar-refractivity contribution in [2.45, 2.75) is 45.5 Å². The van der Waals surface area contributed by atoms with Gasteiger partial charge in [0.15, 0.2) is 0 Å². The van der Waals surface area contributed by atoms with E-state index in [1.54, 1.807) is 11.3 Å². The number of alkyl halides is 1. The molecule has 0 aliphatic heterocycles. The monoisotopic (exact) mass is 246 g/mol. The molecule has 0 saturated carbocycles. The van der Waals surface area contributed by atoms with Crippen molar-refractivity contribution < 1.29 is 0 Å². The van der Waals surface area contributed by atoms with E-state index >= 15 is 0 Å². The summed E-state index contributed by atoms with van der Waals surface area (Å²) in [6.07, 6.45) is 2.21. The highest BCUT2D eigenvalue weighted by Crippen LogP contribution is 2.15. The number of aryl methyl sites for hydroxylation is 2. The van der Waals surface area contributed by atoms with Crippen LogP contribution in [0.3, 0.4) is 0 Å². The number of nitrogens with zero attached hydrogens (tertiary/aromatic N) is 1. The van der Waals surface area contributed by atoms with E-state index in [0.717, 1.165) is 31.6 Å². The van der Waals surface area contributed by atoms with Crippen molar-refractivity contribution in [3.05, 3.63) is 15.6 Å². The second-order valence-electron chi connectivity index (χ2n) is 3.85. The average Bonchev–Trinajstić information content (AvgIpc) is 2.45. The first-order valence-electron chi connectivity index (χ1n) is 5.37. The molecule has 1 heterocycles. The van der Waals surface area contributed by atoms with E-state index in [4.69, 9.17) is 11.6 Å². The third kappa shape index (κ3) is 4.96. The highest BCUT2D eigenvalue weighted by Gasteiger charge is 2.02. The lowest BCUT2D eigenvalue weighted by molar-refractivity contribution is 0.617. The second-order valence-corrected chi connectivity index (χ2v) is 5.88. The fourth-order valence-corrected chi connectivity index (χ4v) is 2.38. The van der Waals surface area contributed by atoms with E-state index in [0.29, 0.717) is 0 Å². The van der Waals surface area contributed by atoms with Crippen LogP contribution in [0.2, 0.25) is 0 Å². The molecule has 1 aromatic heterocycles. The van der Waals surface area contributed by atoms with Gasteiger partial charge in [0.25, 0.3) is 0 Å². The number of nitrogens with one attached hydrogen (secondary N) is 1. The molecule has 1 rings (SSSR count). The molecular weight excluding hydrogens is 228 g/mol. The van der Waals surface area contributed by atoms with Gasteiger partial charge in [-0.25, -0.2) is 4.98 Å². The highest BCUT2D eigenvalue weighted by atomic mass is 35.5. The molecule has 15 heavy (non-hydrogen) atoms. The maximum Gasteiger partial charge on any atom is 0.107 e. The number of rotatable bonds is 6. The molecule has 0 aliphatic carbocycles. The van der Waals surface area contributed by atoms with Gasteiger partial charge in [-0.3, -0.25) is 0 Å². The fraction of sp³-hybridized carbons (Fsp3) is 0.727. The van der Waals surface area contributed by atoms with E-state index in [-0.39, 0.29) is 5.38 Å². The Morgan fingerprint density at radius 1 is 1.47 bits per heavy atom. The summed E-state index contributed by atoms with van der Waals surface area (Å²) in [5.74, 6) is 0. The summed E-state index contributed by atoms with van der Waals surface area (Å²) < 4.78 is 0. The maximum absolute atomic E-state index is 5.86. The molecule has 86 valence electrons. The molecule has 1 unspecified atom stereocenters. The minimum atomic E-state index is 0.288. The standard InChI is InChI=1S/C11H19ClN2S/c1-8(12)5-4-6-13-7-11-14-9(2)10(3)15-11/h8,13H,4-7H2,1-3H3. The second kappa shape index (κ2) is 6.46. The quantitative estimate of drug-likeness (QED) is 0.616. The molecule has 0 aromatic carbocycles. The normalized spacial score (nSPS) is 13.1. The first-order valence-corrected chi connectivity index (χ1v) is 6.62. The Hall–Kier alpha value is -0.120. The molecule has 1 atom stereocenters. The number of hydrogen-bond acceptors (Lipinski definition) is 3. The lowest BCUT2D eigenvalue weighted by atomic mass is 10.2. The van der Waals surface area contributed by atoms with Crippen LogP contribution in [0, 0.1) is 13.8 Å². The summed E-state index contributed by atoms with van der Waals surface area (Å²) in [6, 6.07) is 0. The molecule has 0 bridgehead atoms. The van der Waals surface area contributed by atoms with Gasteiger partial charge in [-0.2, -0.15) is 0 Å². The Balaban J connectivity index is 2.15. The number of thiazole rings is 1. The van der Waals surface area contributed by atoms with E-state index < -0.39 is 0 Å². The number of hydrogen-bond donors (Lipinski definition) is 1. The third-order valence-corrected chi connectivity index (χ3v) is 3.60. The minimum Gasteiger partial charge on any atom is -0.310 e. The van der Waals surface area contributed by atoms with E-state index in [2.05, 4.69) is 24.1 Å². The van der Waals surface area contributed by atoms with Crippen molar-refractivity contribution >= 4 is 22.9 Å². The van der Waals surface area contributed by atoms with E-state index in [9.17, 15) is 0 Å². The summed E-state index contributed by atoms with van der Waals surface area (Å²) in [5, 5.41) is 4.86. The lowest BCUT2D eigenvalue weighted by Crippen LogP contribution is -2.15. The van der Waals surface area contributed by atoms with Gasteiger partial charge in [-0.1, -0.05) is 0 Å². The van der Waals surface area contributed by atoms with Crippen molar-refractivity contribution in [2.75, 3.05) is 6.54 Å². The number of halogens is 1. The van der Waals surface area contributed by atoms with E-state index in [1.807, 2.05) is 6.92 Å². The Labute approximate surface area is 101 Å². The largest absolute Gasteiger partial charge is 0.310 e. The molecule has 1 N–H and O–H groups in total. The van der Waals surface area contributed by atoms with Crippen molar-refractivity contribution in [2.24, 2.45) is 0 Å². The van der Waals surface area contributed by atoms with Crippen LogP contribution in [0.5, 0.6) is 0 Å². The predicted octanol–water partition coefficient (Wildman–Crippen LogP) is 3.26. The van der Waals surface area contributed by atoms with Crippen molar-refractivity contribution in [1.29, 1.82) is 0 Å². The van der Waals surface area contributed by atoms with Crippen LogP contribution in [0.1, 0.15) is 35.3 Å². The molecule has 4 heteroatoms. The Bertz CT molecular complexity index is 277. The summed E-state index contributed by atoms with van der Waals surface area (Å²) in [5.41, 5.74) is 1.16. The summed E-state index contributed by atoms with van der Waals surface area (Å²) in [4.78, 5) is 5.79. The number of aromatic nitrogens is 1. The predicted molar refractivity (Wildman–Crippen MR) is 67.8 cm³/mol. The zero-order chi connectivity index (χ0) is 11.3. The molecule has 1 aromatic rings. The fourth-order valence-electron chi connectivity index (χ4n) is 1.32. The van der Waals surface area contributed by atoms with Gasteiger partial charge in [0.2, 0.25) is 0 Å². The minimum absolute atomic E-state index is 0.288. The van der Waals surface area contributed by atoms with Crippen LogP contribution in [0.4, 0.5) is 0 Å². The van der Waals surface area contributed by atoms with Crippen LogP contribution in [-0.4, -0.2) is 16.9 Å². The van der Waals surface area contributed by atoms with Crippen molar-refractivity contribution in [3.8, 4) is 0 Å². The van der Waals surface area contributed by atoms with Gasteiger partial charge >= 0.3 is 0 Å². The zero-order valence-corrected chi connectivity index (χ0v) is 11.2. The van der Waals surface area contributed by atoms with Crippen LogP contribution < -0.4 is 5.32 Å². The summed E-state index contributed by atoms with van der Waals surface area (Å²) in [7, 11) is 0. The van der Waals surface area contributed by atoms with Gasteiger partial charge in [0.1, 0.15) is 5.01 Å². The molecule has 0 aliphatic rings. The highest BCUT2D eigenvalue weighted by molar-refractivity contribution is 7.11. The van der Waals surface area contributed by atoms with Gasteiger partial charge in [0, 0.05) is 16.8 Å². The smallest absolute Gasteiger partial charge is 0.107 e. The van der Waals surface area contributed by atoms with Crippen molar-refractivity contribution in [1.82, 2.24) is 10.3 Å². The van der Waals surface area contributed by atoms with Crippen LogP contribution in [0.15, 0.2) is 0 Å². The van der Waals surface area contributed by atoms with Gasteiger partial charge < -0.3 is 5.32 Å². The van der Waals surface area contributed by atoms with Crippen LogP contribution >= 0.6 is 22.9 Å².